The molecule has 1 rings (SSSR count). The molecule has 0 aromatic heterocycles. The Kier molecular flexibility index (Phi) is 6.07. The molecule has 0 heterocycles. The minimum Gasteiger partial charge on any atom is -0.352 e. The van der Waals surface area contributed by atoms with Crippen molar-refractivity contribution in [3.05, 3.63) is 27.8 Å². The van der Waals surface area contributed by atoms with E-state index in [-0.39, 0.29) is 11.8 Å². The van der Waals surface area contributed by atoms with E-state index >= 15 is 0 Å². The number of nitrogens with one attached hydrogen (secondary N) is 2. The zero-order chi connectivity index (χ0) is 14.4. The van der Waals surface area contributed by atoms with Crippen LogP contribution in [0.2, 0.25) is 0 Å². The van der Waals surface area contributed by atoms with Gasteiger partial charge in [0.25, 0.3) is 0 Å². The molecule has 19 heavy (non-hydrogen) atoms. The summed E-state index contributed by atoms with van der Waals surface area (Å²) in [7, 11) is 0. The van der Waals surface area contributed by atoms with Crippen molar-refractivity contribution in [2.24, 2.45) is 11.7 Å². The summed E-state index contributed by atoms with van der Waals surface area (Å²) in [5.74, 6) is -0.245. The topological polar surface area (TPSA) is 84.2 Å². The van der Waals surface area contributed by atoms with Crippen LogP contribution in [0, 0.1) is 9.49 Å². The number of halogens is 1. The Balaban J connectivity index is 2.79. The number of benzene rings is 1. The molecule has 3 amide bonds. The van der Waals surface area contributed by atoms with Gasteiger partial charge in [0.05, 0.1) is 0 Å². The molecule has 1 aromatic rings. The number of urea groups is 1. The molecule has 104 valence electrons. The van der Waals surface area contributed by atoms with Gasteiger partial charge in [-0.3, -0.25) is 4.79 Å². The van der Waals surface area contributed by atoms with E-state index in [1.165, 1.54) is 0 Å². The summed E-state index contributed by atoms with van der Waals surface area (Å²) in [5, 5.41) is 5.28. The molecular formula is C13H18IN3O2. The summed E-state index contributed by atoms with van der Waals surface area (Å²) in [6, 6.07) is 6.14. The summed E-state index contributed by atoms with van der Waals surface area (Å²) in [4.78, 5) is 23.1. The van der Waals surface area contributed by atoms with Gasteiger partial charge in [-0.2, -0.15) is 0 Å². The first-order valence-electron chi connectivity index (χ1n) is 6.06. The first-order valence-corrected chi connectivity index (χ1v) is 7.14. The molecule has 0 aliphatic carbocycles. The highest BCUT2D eigenvalue weighted by Gasteiger charge is 2.25. The van der Waals surface area contributed by atoms with E-state index in [2.05, 4.69) is 33.2 Å². The zero-order valence-electron chi connectivity index (χ0n) is 10.9. The molecule has 5 nitrogen and oxygen atoms in total. The van der Waals surface area contributed by atoms with Crippen molar-refractivity contribution in [3.63, 3.8) is 0 Å². The Morgan fingerprint density at radius 1 is 1.42 bits per heavy atom. The van der Waals surface area contributed by atoms with Gasteiger partial charge in [0.1, 0.15) is 6.04 Å². The lowest BCUT2D eigenvalue weighted by Gasteiger charge is -2.22. The normalized spacial score (nSPS) is 13.4. The molecule has 0 spiro atoms. The maximum absolute atomic E-state index is 12.2. The minimum absolute atomic E-state index is 0.00952. The predicted octanol–water partition coefficient (Wildman–Crippen LogP) is 2.31. The van der Waals surface area contributed by atoms with E-state index in [1.54, 1.807) is 6.07 Å². The molecule has 2 unspecified atom stereocenters. The zero-order valence-corrected chi connectivity index (χ0v) is 13.1. The number of anilines is 1. The average Bonchev–Trinajstić information content (AvgIpc) is 2.34. The summed E-state index contributed by atoms with van der Waals surface area (Å²) in [6.07, 6.45) is 0.769. The van der Waals surface area contributed by atoms with Crippen LogP contribution in [0.25, 0.3) is 0 Å². The van der Waals surface area contributed by atoms with Gasteiger partial charge in [0.15, 0.2) is 0 Å². The Hall–Kier alpha value is -1.31. The minimum atomic E-state index is -0.692. The SMILES string of the molecule is CCC(C)C(NC(N)=O)C(=O)Nc1cccc(I)c1. The lowest BCUT2D eigenvalue weighted by atomic mass is 9.98. The second-order valence-electron chi connectivity index (χ2n) is 4.37. The lowest BCUT2D eigenvalue weighted by Crippen LogP contribution is -2.49. The Bertz CT molecular complexity index is 465. The molecular weight excluding hydrogens is 357 g/mol. The third-order valence-corrected chi connectivity index (χ3v) is 3.56. The van der Waals surface area contributed by atoms with Crippen LogP contribution in [0.4, 0.5) is 10.5 Å². The standard InChI is InChI=1S/C13H18IN3O2/c1-3-8(2)11(17-13(15)19)12(18)16-10-6-4-5-9(14)7-10/h4-8,11H,3H2,1-2H3,(H,16,18)(H3,15,17,19). The van der Waals surface area contributed by atoms with E-state index in [4.69, 9.17) is 5.73 Å². The fraction of sp³-hybridized carbons (Fsp3) is 0.385. The van der Waals surface area contributed by atoms with Gasteiger partial charge < -0.3 is 16.4 Å². The molecule has 0 radical (unpaired) electrons. The molecule has 6 heteroatoms. The van der Waals surface area contributed by atoms with Gasteiger partial charge in [-0.1, -0.05) is 26.3 Å². The van der Waals surface area contributed by atoms with Crippen LogP contribution in [0.1, 0.15) is 20.3 Å². The number of primary amides is 1. The number of carbonyl (C=O) groups is 2. The third kappa shape index (κ3) is 5.06. The first kappa shape index (κ1) is 15.7. The van der Waals surface area contributed by atoms with Crippen molar-refractivity contribution in [1.29, 1.82) is 0 Å². The van der Waals surface area contributed by atoms with E-state index in [0.29, 0.717) is 5.69 Å². The van der Waals surface area contributed by atoms with Gasteiger partial charge in [-0.25, -0.2) is 4.79 Å². The van der Waals surface area contributed by atoms with Crippen molar-refractivity contribution in [1.82, 2.24) is 5.32 Å². The van der Waals surface area contributed by atoms with Crippen LogP contribution in [0.15, 0.2) is 24.3 Å². The maximum atomic E-state index is 12.2. The summed E-state index contributed by atoms with van der Waals surface area (Å²) in [5.41, 5.74) is 5.81. The van der Waals surface area contributed by atoms with Gasteiger partial charge in [-0.05, 0) is 46.7 Å². The fourth-order valence-electron chi connectivity index (χ4n) is 1.64. The highest BCUT2D eigenvalue weighted by atomic mass is 127. The van der Waals surface area contributed by atoms with Gasteiger partial charge in [0, 0.05) is 9.26 Å². The van der Waals surface area contributed by atoms with Crippen molar-refractivity contribution >= 4 is 40.2 Å². The summed E-state index contributed by atoms with van der Waals surface area (Å²) >= 11 is 2.17. The van der Waals surface area contributed by atoms with Gasteiger partial charge in [0.2, 0.25) is 5.91 Å². The van der Waals surface area contributed by atoms with Gasteiger partial charge in [-0.15, -0.1) is 0 Å². The summed E-state index contributed by atoms with van der Waals surface area (Å²) < 4.78 is 1.03. The lowest BCUT2D eigenvalue weighted by molar-refractivity contribution is -0.119. The number of amides is 3. The van der Waals surface area contributed by atoms with Gasteiger partial charge >= 0.3 is 6.03 Å². The molecule has 0 bridgehead atoms. The van der Waals surface area contributed by atoms with Crippen molar-refractivity contribution in [2.75, 3.05) is 5.32 Å². The second kappa shape index (κ2) is 7.32. The molecule has 0 saturated heterocycles. The largest absolute Gasteiger partial charge is 0.352 e. The van der Waals surface area contributed by atoms with E-state index in [1.807, 2.05) is 32.0 Å². The van der Waals surface area contributed by atoms with Crippen LogP contribution in [-0.2, 0) is 4.79 Å². The third-order valence-electron chi connectivity index (χ3n) is 2.89. The Morgan fingerprint density at radius 3 is 2.63 bits per heavy atom. The summed E-state index contributed by atoms with van der Waals surface area (Å²) in [6.45, 7) is 3.86. The molecule has 0 aliphatic heterocycles. The smallest absolute Gasteiger partial charge is 0.312 e. The monoisotopic (exact) mass is 375 g/mol. The fourth-order valence-corrected chi connectivity index (χ4v) is 2.18. The van der Waals surface area contributed by atoms with Crippen LogP contribution in [0.3, 0.4) is 0 Å². The number of rotatable bonds is 5. The molecule has 2 atom stereocenters. The van der Waals surface area contributed by atoms with Crippen LogP contribution in [-0.4, -0.2) is 18.0 Å². The highest BCUT2D eigenvalue weighted by Crippen LogP contribution is 2.15. The second-order valence-corrected chi connectivity index (χ2v) is 5.62. The number of nitrogens with two attached hydrogens (primary N) is 1. The Labute approximate surface area is 126 Å². The van der Waals surface area contributed by atoms with E-state index in [9.17, 15) is 9.59 Å². The highest BCUT2D eigenvalue weighted by molar-refractivity contribution is 14.1. The number of hydrogen-bond donors (Lipinski definition) is 3. The molecule has 4 N–H and O–H groups in total. The maximum Gasteiger partial charge on any atom is 0.312 e. The quantitative estimate of drug-likeness (QED) is 0.690. The van der Waals surface area contributed by atoms with Crippen LogP contribution >= 0.6 is 22.6 Å². The molecule has 0 saturated carbocycles. The van der Waals surface area contributed by atoms with Crippen LogP contribution < -0.4 is 16.4 Å². The van der Waals surface area contributed by atoms with E-state index in [0.717, 1.165) is 9.99 Å². The van der Waals surface area contributed by atoms with Crippen molar-refractivity contribution in [3.8, 4) is 0 Å². The molecule has 0 fully saturated rings. The van der Waals surface area contributed by atoms with Crippen LogP contribution in [0.5, 0.6) is 0 Å². The number of hydrogen-bond acceptors (Lipinski definition) is 2. The first-order chi connectivity index (χ1) is 8.93. The predicted molar refractivity (Wildman–Crippen MR) is 83.8 cm³/mol. The van der Waals surface area contributed by atoms with E-state index < -0.39 is 12.1 Å². The molecule has 0 aliphatic rings. The number of carbonyl (C=O) groups excluding carboxylic acids is 2. The molecule has 1 aromatic carbocycles. The van der Waals surface area contributed by atoms with Crippen molar-refractivity contribution in [2.45, 2.75) is 26.3 Å². The van der Waals surface area contributed by atoms with Crippen molar-refractivity contribution < 1.29 is 9.59 Å². The Morgan fingerprint density at radius 2 is 2.11 bits per heavy atom. The average molecular weight is 375 g/mol.